The molecule has 1 saturated heterocycles. The lowest BCUT2D eigenvalue weighted by atomic mass is 10.1. The fourth-order valence-corrected chi connectivity index (χ4v) is 3.74. The Hall–Kier alpha value is -2.54. The molecule has 4 rings (SSSR count). The third-order valence-electron chi connectivity index (χ3n) is 5.20. The summed E-state index contributed by atoms with van der Waals surface area (Å²) in [6.45, 7) is 0.757. The maximum Gasteiger partial charge on any atom is 0.267 e. The number of nitrogens with zero attached hydrogens (tertiary/aromatic N) is 3. The summed E-state index contributed by atoms with van der Waals surface area (Å²) in [5.74, 6) is 0.155. The van der Waals surface area contributed by atoms with Gasteiger partial charge >= 0.3 is 0 Å². The zero-order valence-corrected chi connectivity index (χ0v) is 14.5. The number of carbonyl (C=O) groups excluding carboxylic acids is 1. The van der Waals surface area contributed by atoms with E-state index in [1.54, 1.807) is 18.5 Å². The first-order chi connectivity index (χ1) is 12.7. The van der Waals surface area contributed by atoms with Gasteiger partial charge < -0.3 is 10.1 Å². The molecule has 2 aliphatic rings. The van der Waals surface area contributed by atoms with Crippen LogP contribution in [0, 0.1) is 5.92 Å². The van der Waals surface area contributed by atoms with Gasteiger partial charge in [0.25, 0.3) is 5.56 Å². The summed E-state index contributed by atoms with van der Waals surface area (Å²) < 4.78 is 7.00. The molecule has 0 spiro atoms. The van der Waals surface area contributed by atoms with Gasteiger partial charge in [-0.25, -0.2) is 4.68 Å². The molecule has 3 heterocycles. The van der Waals surface area contributed by atoms with Gasteiger partial charge in [0.15, 0.2) is 0 Å². The standard InChI is InChI=1S/C19H22N4O3/c24-18-8-7-15(14-6-3-9-20-10-14)22-23(18)17-12-26-11-16(17)21-19(25)13-4-1-2-5-13/h3,6-10,13,16-17H,1-2,4-5,11-12H2,(H,21,25). The minimum atomic E-state index is -0.301. The Morgan fingerprint density at radius 3 is 2.81 bits per heavy atom. The second-order valence-electron chi connectivity index (χ2n) is 6.94. The van der Waals surface area contributed by atoms with Crippen molar-refractivity contribution in [3.63, 3.8) is 0 Å². The van der Waals surface area contributed by atoms with E-state index in [1.807, 2.05) is 12.1 Å². The van der Waals surface area contributed by atoms with Crippen LogP contribution in [0.2, 0.25) is 0 Å². The van der Waals surface area contributed by atoms with E-state index < -0.39 is 0 Å². The summed E-state index contributed by atoms with van der Waals surface area (Å²) in [4.78, 5) is 29.0. The quantitative estimate of drug-likeness (QED) is 0.900. The number of ether oxygens (including phenoxy) is 1. The van der Waals surface area contributed by atoms with Gasteiger partial charge in [0.2, 0.25) is 5.91 Å². The van der Waals surface area contributed by atoms with Crippen molar-refractivity contribution in [1.29, 1.82) is 0 Å². The Kier molecular flexibility index (Phi) is 4.79. The summed E-state index contributed by atoms with van der Waals surface area (Å²) in [7, 11) is 0. The Balaban J connectivity index is 1.57. The van der Waals surface area contributed by atoms with Crippen molar-refractivity contribution in [1.82, 2.24) is 20.1 Å². The number of carbonyl (C=O) groups is 1. The van der Waals surface area contributed by atoms with E-state index in [1.165, 1.54) is 10.7 Å². The maximum atomic E-state index is 12.5. The predicted octanol–water partition coefficient (Wildman–Crippen LogP) is 1.55. The smallest absolute Gasteiger partial charge is 0.267 e. The normalized spacial score (nSPS) is 23.2. The van der Waals surface area contributed by atoms with Crippen LogP contribution in [0.1, 0.15) is 31.7 Å². The molecule has 7 heteroatoms. The van der Waals surface area contributed by atoms with E-state index in [2.05, 4.69) is 15.4 Å². The van der Waals surface area contributed by atoms with Crippen molar-refractivity contribution < 1.29 is 9.53 Å². The third kappa shape index (κ3) is 3.39. The third-order valence-corrected chi connectivity index (χ3v) is 5.20. The number of pyridine rings is 1. The number of aromatic nitrogens is 3. The van der Waals surface area contributed by atoms with Crippen LogP contribution in [0.3, 0.4) is 0 Å². The number of hydrogen-bond acceptors (Lipinski definition) is 5. The van der Waals surface area contributed by atoms with Gasteiger partial charge in [-0.1, -0.05) is 12.8 Å². The molecule has 1 aliphatic carbocycles. The summed E-state index contributed by atoms with van der Waals surface area (Å²) in [6.07, 6.45) is 7.51. The van der Waals surface area contributed by atoms with Crippen LogP contribution in [0.25, 0.3) is 11.3 Å². The average molecular weight is 354 g/mol. The minimum absolute atomic E-state index is 0.0689. The van der Waals surface area contributed by atoms with Crippen LogP contribution < -0.4 is 10.9 Å². The molecule has 1 N–H and O–H groups in total. The zero-order valence-electron chi connectivity index (χ0n) is 14.5. The largest absolute Gasteiger partial charge is 0.377 e. The highest BCUT2D eigenvalue weighted by atomic mass is 16.5. The van der Waals surface area contributed by atoms with Crippen molar-refractivity contribution in [3.05, 3.63) is 47.0 Å². The van der Waals surface area contributed by atoms with E-state index in [-0.39, 0.29) is 29.5 Å². The van der Waals surface area contributed by atoms with Gasteiger partial charge in [-0.2, -0.15) is 5.10 Å². The second-order valence-corrected chi connectivity index (χ2v) is 6.94. The molecule has 0 aromatic carbocycles. The van der Waals surface area contributed by atoms with Crippen molar-refractivity contribution in [2.75, 3.05) is 13.2 Å². The van der Waals surface area contributed by atoms with Crippen molar-refractivity contribution in [3.8, 4) is 11.3 Å². The molecule has 1 amide bonds. The highest BCUT2D eigenvalue weighted by Crippen LogP contribution is 2.26. The Labute approximate surface area is 151 Å². The number of hydrogen-bond donors (Lipinski definition) is 1. The topological polar surface area (TPSA) is 86.1 Å². The molecule has 1 aliphatic heterocycles. The van der Waals surface area contributed by atoms with E-state index in [0.717, 1.165) is 31.2 Å². The molecule has 2 atom stereocenters. The second kappa shape index (κ2) is 7.37. The van der Waals surface area contributed by atoms with E-state index >= 15 is 0 Å². The molecule has 2 fully saturated rings. The monoisotopic (exact) mass is 354 g/mol. The summed E-state index contributed by atoms with van der Waals surface area (Å²) >= 11 is 0. The van der Waals surface area contributed by atoms with Crippen LogP contribution in [-0.4, -0.2) is 39.9 Å². The highest BCUT2D eigenvalue weighted by molar-refractivity contribution is 5.79. The number of amides is 1. The number of rotatable bonds is 4. The Morgan fingerprint density at radius 1 is 1.19 bits per heavy atom. The van der Waals surface area contributed by atoms with Gasteiger partial charge in [-0.15, -0.1) is 0 Å². The van der Waals surface area contributed by atoms with Gasteiger partial charge in [0.05, 0.1) is 24.9 Å². The fraction of sp³-hybridized carbons (Fsp3) is 0.474. The molecule has 26 heavy (non-hydrogen) atoms. The molecule has 2 aromatic heterocycles. The van der Waals surface area contributed by atoms with E-state index in [4.69, 9.17) is 4.74 Å². The van der Waals surface area contributed by atoms with Gasteiger partial charge in [-0.05, 0) is 31.0 Å². The molecule has 2 unspecified atom stereocenters. The van der Waals surface area contributed by atoms with Crippen LogP contribution in [-0.2, 0) is 9.53 Å². The molecular weight excluding hydrogens is 332 g/mol. The number of nitrogens with one attached hydrogen (secondary N) is 1. The molecule has 7 nitrogen and oxygen atoms in total. The van der Waals surface area contributed by atoms with Crippen molar-refractivity contribution in [2.24, 2.45) is 5.92 Å². The first-order valence-corrected chi connectivity index (χ1v) is 9.11. The highest BCUT2D eigenvalue weighted by Gasteiger charge is 2.34. The first-order valence-electron chi connectivity index (χ1n) is 9.11. The van der Waals surface area contributed by atoms with Crippen molar-refractivity contribution in [2.45, 2.75) is 37.8 Å². The van der Waals surface area contributed by atoms with Crippen LogP contribution in [0.15, 0.2) is 41.5 Å². The minimum Gasteiger partial charge on any atom is -0.377 e. The van der Waals surface area contributed by atoms with E-state index in [9.17, 15) is 9.59 Å². The molecular formula is C19H22N4O3. The maximum absolute atomic E-state index is 12.5. The molecule has 1 saturated carbocycles. The van der Waals surface area contributed by atoms with Gasteiger partial charge in [-0.3, -0.25) is 14.6 Å². The summed E-state index contributed by atoms with van der Waals surface area (Å²) in [5, 5.41) is 7.59. The van der Waals surface area contributed by atoms with Crippen LogP contribution in [0.4, 0.5) is 0 Å². The lowest BCUT2D eigenvalue weighted by Gasteiger charge is -2.22. The summed E-state index contributed by atoms with van der Waals surface area (Å²) in [5.41, 5.74) is 1.31. The average Bonchev–Trinajstić information content (AvgIpc) is 3.35. The Bertz CT molecular complexity index is 830. The molecule has 136 valence electrons. The van der Waals surface area contributed by atoms with Crippen LogP contribution >= 0.6 is 0 Å². The summed E-state index contributed by atoms with van der Waals surface area (Å²) in [6, 6.07) is 6.38. The SMILES string of the molecule is O=C(NC1COCC1n1nc(-c2cccnc2)ccc1=O)C1CCCC1. The van der Waals surface area contributed by atoms with Gasteiger partial charge in [0, 0.05) is 29.9 Å². The molecule has 0 bridgehead atoms. The first kappa shape index (κ1) is 16.9. The van der Waals surface area contributed by atoms with E-state index in [0.29, 0.717) is 18.9 Å². The van der Waals surface area contributed by atoms with Crippen LogP contribution in [0.5, 0.6) is 0 Å². The zero-order chi connectivity index (χ0) is 17.9. The lowest BCUT2D eigenvalue weighted by Crippen LogP contribution is -2.45. The van der Waals surface area contributed by atoms with Crippen molar-refractivity contribution >= 4 is 5.91 Å². The Morgan fingerprint density at radius 2 is 2.04 bits per heavy atom. The van der Waals surface area contributed by atoms with Gasteiger partial charge in [0.1, 0.15) is 6.04 Å². The predicted molar refractivity (Wildman–Crippen MR) is 95.5 cm³/mol. The lowest BCUT2D eigenvalue weighted by molar-refractivity contribution is -0.125. The fourth-order valence-electron chi connectivity index (χ4n) is 3.74. The molecule has 0 radical (unpaired) electrons. The molecule has 2 aromatic rings.